The Kier molecular flexibility index (Phi) is 5.43. The summed E-state index contributed by atoms with van der Waals surface area (Å²) >= 11 is 0. The lowest BCUT2D eigenvalue weighted by atomic mass is 9.99. The van der Waals surface area contributed by atoms with Gasteiger partial charge in [0.2, 0.25) is 5.91 Å². The summed E-state index contributed by atoms with van der Waals surface area (Å²) in [6, 6.07) is 9.33. The number of nitrogens with zero attached hydrogens (tertiary/aromatic N) is 3. The summed E-state index contributed by atoms with van der Waals surface area (Å²) in [7, 11) is -3.69. The van der Waals surface area contributed by atoms with Crippen LogP contribution in [0.1, 0.15) is 32.7 Å². The highest BCUT2D eigenvalue weighted by atomic mass is 32.2. The molecule has 0 saturated carbocycles. The fourth-order valence-electron chi connectivity index (χ4n) is 3.01. The Morgan fingerprint density at radius 1 is 1.27 bits per heavy atom. The van der Waals surface area contributed by atoms with Crippen molar-refractivity contribution in [3.05, 3.63) is 42.9 Å². The number of aromatic nitrogens is 2. The van der Waals surface area contributed by atoms with Gasteiger partial charge in [-0.15, -0.1) is 0 Å². The number of para-hydroxylation sites is 1. The van der Waals surface area contributed by atoms with Crippen molar-refractivity contribution in [2.45, 2.75) is 37.8 Å². The molecule has 0 radical (unpaired) electrons. The minimum atomic E-state index is -3.69. The van der Waals surface area contributed by atoms with Gasteiger partial charge < -0.3 is 9.88 Å². The molecule has 1 aliphatic heterocycles. The molecule has 1 atom stereocenters. The first-order chi connectivity index (χ1) is 12.4. The molecule has 0 bridgehead atoms. The fourth-order valence-corrected chi connectivity index (χ4v) is 4.45. The lowest BCUT2D eigenvalue weighted by Gasteiger charge is -2.30. The Labute approximate surface area is 154 Å². The monoisotopic (exact) mass is 376 g/mol. The van der Waals surface area contributed by atoms with Crippen molar-refractivity contribution in [3.63, 3.8) is 0 Å². The maximum Gasteiger partial charge on any atom is 0.262 e. The molecule has 8 heteroatoms. The van der Waals surface area contributed by atoms with E-state index in [2.05, 4.69) is 10.3 Å². The third-order valence-electron chi connectivity index (χ3n) is 4.57. The van der Waals surface area contributed by atoms with Gasteiger partial charge in [-0.05, 0) is 38.8 Å². The van der Waals surface area contributed by atoms with Gasteiger partial charge in [0.25, 0.3) is 10.0 Å². The van der Waals surface area contributed by atoms with Gasteiger partial charge in [-0.25, -0.2) is 13.4 Å². The second-order valence-electron chi connectivity index (χ2n) is 6.81. The number of sulfonamides is 1. The van der Waals surface area contributed by atoms with Crippen molar-refractivity contribution in [1.29, 1.82) is 0 Å². The Bertz CT molecular complexity index is 862. The lowest BCUT2D eigenvalue weighted by Crippen LogP contribution is -2.43. The zero-order valence-corrected chi connectivity index (χ0v) is 15.8. The zero-order chi connectivity index (χ0) is 18.7. The predicted octanol–water partition coefficient (Wildman–Crippen LogP) is 2.50. The predicted molar refractivity (Wildman–Crippen MR) is 99.2 cm³/mol. The Hall–Kier alpha value is -2.19. The molecule has 2 aromatic rings. The summed E-state index contributed by atoms with van der Waals surface area (Å²) < 4.78 is 28.9. The largest absolute Gasteiger partial charge is 0.334 e. The maximum absolute atomic E-state index is 12.9. The van der Waals surface area contributed by atoms with Gasteiger partial charge in [0.1, 0.15) is 0 Å². The van der Waals surface area contributed by atoms with Crippen molar-refractivity contribution >= 4 is 21.6 Å². The van der Waals surface area contributed by atoms with Crippen LogP contribution in [0.2, 0.25) is 0 Å². The molecule has 1 aromatic heterocycles. The standard InChI is InChI=1S/C18H24N4O3S/c1-14(2)21-12-17(19-13-21)26(24,25)22-10-6-7-15(11-22)18(23)20-16-8-4-3-5-9-16/h3-5,8-9,12-15H,6-7,10-11H2,1-2H3,(H,20,23)/t15-/m0/s1. The SMILES string of the molecule is CC(C)n1cnc(S(=O)(=O)N2CCC[C@H](C(=O)Nc3ccccc3)C2)c1. The first kappa shape index (κ1) is 18.6. The molecule has 7 nitrogen and oxygen atoms in total. The van der Waals surface area contributed by atoms with Gasteiger partial charge in [0, 0.05) is 31.0 Å². The van der Waals surface area contributed by atoms with Crippen LogP contribution in [0.15, 0.2) is 47.9 Å². The van der Waals surface area contributed by atoms with E-state index in [0.29, 0.717) is 25.1 Å². The van der Waals surface area contributed by atoms with Crippen LogP contribution in [0.25, 0.3) is 0 Å². The summed E-state index contributed by atoms with van der Waals surface area (Å²) in [6.07, 6.45) is 4.40. The minimum absolute atomic E-state index is 0.0373. The maximum atomic E-state index is 12.9. The van der Waals surface area contributed by atoms with Crippen LogP contribution in [0.3, 0.4) is 0 Å². The topological polar surface area (TPSA) is 84.3 Å². The molecular weight excluding hydrogens is 352 g/mol. The van der Waals surface area contributed by atoms with E-state index < -0.39 is 10.0 Å². The van der Waals surface area contributed by atoms with Crippen LogP contribution in [0, 0.1) is 5.92 Å². The van der Waals surface area contributed by atoms with Gasteiger partial charge in [0.05, 0.1) is 12.2 Å². The van der Waals surface area contributed by atoms with E-state index in [9.17, 15) is 13.2 Å². The smallest absolute Gasteiger partial charge is 0.262 e. The lowest BCUT2D eigenvalue weighted by molar-refractivity contribution is -0.120. The van der Waals surface area contributed by atoms with Crippen LogP contribution in [-0.4, -0.2) is 41.3 Å². The molecule has 1 aromatic carbocycles. The second-order valence-corrected chi connectivity index (χ2v) is 8.70. The van der Waals surface area contributed by atoms with E-state index >= 15 is 0 Å². The molecular formula is C18H24N4O3S. The van der Waals surface area contributed by atoms with Crippen molar-refractivity contribution < 1.29 is 13.2 Å². The van der Waals surface area contributed by atoms with Crippen LogP contribution < -0.4 is 5.32 Å². The number of piperidine rings is 1. The number of carbonyl (C=O) groups excluding carboxylic acids is 1. The molecule has 0 unspecified atom stereocenters. The molecule has 1 amide bonds. The number of carbonyl (C=O) groups is 1. The highest BCUT2D eigenvalue weighted by Gasteiger charge is 2.34. The molecule has 1 fully saturated rings. The van der Waals surface area contributed by atoms with E-state index in [1.54, 1.807) is 10.8 Å². The van der Waals surface area contributed by atoms with E-state index in [4.69, 9.17) is 0 Å². The molecule has 1 aliphatic rings. The van der Waals surface area contributed by atoms with Gasteiger partial charge in [-0.1, -0.05) is 18.2 Å². The normalized spacial score (nSPS) is 18.8. The molecule has 1 N–H and O–H groups in total. The highest BCUT2D eigenvalue weighted by molar-refractivity contribution is 7.89. The van der Waals surface area contributed by atoms with Crippen LogP contribution in [-0.2, 0) is 14.8 Å². The molecule has 0 spiro atoms. The number of rotatable bonds is 5. The molecule has 1 saturated heterocycles. The molecule has 2 heterocycles. The fraction of sp³-hybridized carbons (Fsp3) is 0.444. The number of hydrogen-bond acceptors (Lipinski definition) is 4. The van der Waals surface area contributed by atoms with Gasteiger partial charge in [0.15, 0.2) is 5.03 Å². The number of anilines is 1. The highest BCUT2D eigenvalue weighted by Crippen LogP contribution is 2.24. The summed E-state index contributed by atoms with van der Waals surface area (Å²) in [4.78, 5) is 16.6. The van der Waals surface area contributed by atoms with Crippen molar-refractivity contribution in [1.82, 2.24) is 13.9 Å². The van der Waals surface area contributed by atoms with E-state index in [0.717, 1.165) is 0 Å². The molecule has 0 aliphatic carbocycles. The van der Waals surface area contributed by atoms with Crippen molar-refractivity contribution in [3.8, 4) is 0 Å². The van der Waals surface area contributed by atoms with E-state index in [1.165, 1.54) is 10.6 Å². The first-order valence-electron chi connectivity index (χ1n) is 8.77. The Morgan fingerprint density at radius 3 is 2.65 bits per heavy atom. The number of hydrogen-bond donors (Lipinski definition) is 1. The second kappa shape index (κ2) is 7.59. The molecule has 26 heavy (non-hydrogen) atoms. The molecule has 3 rings (SSSR count). The van der Waals surface area contributed by atoms with Crippen LogP contribution in [0.5, 0.6) is 0 Å². The number of amides is 1. The summed E-state index contributed by atoms with van der Waals surface area (Å²) in [5, 5.41) is 2.90. The average Bonchev–Trinajstić information content (AvgIpc) is 3.14. The number of imidazole rings is 1. The third-order valence-corrected chi connectivity index (χ3v) is 6.33. The summed E-state index contributed by atoms with van der Waals surface area (Å²) in [5.74, 6) is -0.519. The van der Waals surface area contributed by atoms with Crippen molar-refractivity contribution in [2.24, 2.45) is 5.92 Å². The quantitative estimate of drug-likeness (QED) is 0.869. The Morgan fingerprint density at radius 2 is 2.00 bits per heavy atom. The Balaban J connectivity index is 1.71. The van der Waals surface area contributed by atoms with Crippen molar-refractivity contribution in [2.75, 3.05) is 18.4 Å². The first-order valence-corrected chi connectivity index (χ1v) is 10.2. The van der Waals surface area contributed by atoms with Gasteiger partial charge >= 0.3 is 0 Å². The zero-order valence-electron chi connectivity index (χ0n) is 15.0. The number of nitrogens with one attached hydrogen (secondary N) is 1. The average molecular weight is 376 g/mol. The number of benzene rings is 1. The molecule has 140 valence electrons. The summed E-state index contributed by atoms with van der Waals surface area (Å²) in [6.45, 7) is 4.51. The summed E-state index contributed by atoms with van der Waals surface area (Å²) in [5.41, 5.74) is 0.716. The van der Waals surface area contributed by atoms with E-state index in [-0.39, 0.29) is 29.4 Å². The van der Waals surface area contributed by atoms with Gasteiger partial charge in [-0.2, -0.15) is 4.31 Å². The van der Waals surface area contributed by atoms with Crippen LogP contribution >= 0.6 is 0 Å². The van der Waals surface area contributed by atoms with Gasteiger partial charge in [-0.3, -0.25) is 4.79 Å². The van der Waals surface area contributed by atoms with Crippen LogP contribution in [0.4, 0.5) is 5.69 Å². The third kappa shape index (κ3) is 3.96. The van der Waals surface area contributed by atoms with E-state index in [1.807, 2.05) is 44.2 Å². The minimum Gasteiger partial charge on any atom is -0.334 e.